The molecule has 5 nitrogen and oxygen atoms in total. The second-order valence-electron chi connectivity index (χ2n) is 4.47. The van der Waals surface area contributed by atoms with Crippen molar-refractivity contribution in [1.82, 2.24) is 14.9 Å². The highest BCUT2D eigenvalue weighted by atomic mass is 19.1. The molecule has 0 saturated carbocycles. The Morgan fingerprint density at radius 1 is 1.50 bits per heavy atom. The molecule has 1 saturated heterocycles. The highest BCUT2D eigenvalue weighted by Crippen LogP contribution is 2.18. The molecule has 0 aromatic carbocycles. The maximum absolute atomic E-state index is 13.7. The van der Waals surface area contributed by atoms with Crippen molar-refractivity contribution in [3.63, 3.8) is 0 Å². The summed E-state index contributed by atoms with van der Waals surface area (Å²) < 4.78 is 13.7. The van der Waals surface area contributed by atoms with Crippen molar-refractivity contribution in [2.45, 2.75) is 25.8 Å². The fourth-order valence-electron chi connectivity index (χ4n) is 2.09. The molecule has 1 aromatic rings. The van der Waals surface area contributed by atoms with Gasteiger partial charge in [0.1, 0.15) is 6.33 Å². The van der Waals surface area contributed by atoms with E-state index in [-0.39, 0.29) is 17.7 Å². The molecule has 0 bridgehead atoms. The van der Waals surface area contributed by atoms with E-state index < -0.39 is 0 Å². The van der Waals surface area contributed by atoms with Crippen molar-refractivity contribution in [3.05, 3.63) is 17.8 Å². The van der Waals surface area contributed by atoms with E-state index in [1.54, 1.807) is 6.92 Å². The largest absolute Gasteiger partial charge is 0.365 e. The average Bonchev–Trinajstić information content (AvgIpc) is 2.38. The van der Waals surface area contributed by atoms with Crippen LogP contribution in [0.15, 0.2) is 6.33 Å². The number of nitriles is 1. The van der Waals surface area contributed by atoms with E-state index in [1.807, 2.05) is 0 Å². The fourth-order valence-corrected chi connectivity index (χ4v) is 2.09. The number of rotatable bonds is 3. The zero-order chi connectivity index (χ0) is 13.0. The minimum Gasteiger partial charge on any atom is -0.365 e. The number of aryl methyl sites for hydroxylation is 1. The van der Waals surface area contributed by atoms with E-state index >= 15 is 0 Å². The minimum atomic E-state index is -0.378. The van der Waals surface area contributed by atoms with Gasteiger partial charge in [0.25, 0.3) is 0 Å². The molecule has 0 radical (unpaired) electrons. The Kier molecular flexibility index (Phi) is 4.05. The van der Waals surface area contributed by atoms with Crippen LogP contribution >= 0.6 is 0 Å². The number of nitrogens with zero attached hydrogens (tertiary/aromatic N) is 4. The van der Waals surface area contributed by atoms with Crippen molar-refractivity contribution in [1.29, 1.82) is 5.26 Å². The zero-order valence-corrected chi connectivity index (χ0v) is 10.4. The van der Waals surface area contributed by atoms with Crippen molar-refractivity contribution < 1.29 is 4.39 Å². The molecule has 6 heteroatoms. The van der Waals surface area contributed by atoms with Crippen molar-refractivity contribution >= 4 is 5.82 Å². The first-order valence-corrected chi connectivity index (χ1v) is 6.03. The second-order valence-corrected chi connectivity index (χ2v) is 4.47. The molecule has 0 atom stereocenters. The first-order valence-electron chi connectivity index (χ1n) is 6.03. The van der Waals surface area contributed by atoms with Crippen LogP contribution in [0.1, 0.15) is 18.5 Å². The molecule has 1 aromatic heterocycles. The highest BCUT2D eigenvalue weighted by Gasteiger charge is 2.20. The van der Waals surface area contributed by atoms with E-state index in [0.717, 1.165) is 25.9 Å². The van der Waals surface area contributed by atoms with Crippen molar-refractivity contribution in [3.8, 4) is 6.07 Å². The predicted octanol–water partition coefficient (Wildman–Crippen LogP) is 1.32. The van der Waals surface area contributed by atoms with Gasteiger partial charge in [-0.05, 0) is 19.8 Å². The Hall–Kier alpha value is -1.74. The molecule has 0 spiro atoms. The third-order valence-electron chi connectivity index (χ3n) is 3.19. The summed E-state index contributed by atoms with van der Waals surface area (Å²) >= 11 is 0. The lowest BCUT2D eigenvalue weighted by Gasteiger charge is -2.31. The number of piperidine rings is 1. The topological polar surface area (TPSA) is 64.8 Å². The summed E-state index contributed by atoms with van der Waals surface area (Å²) in [5.41, 5.74) is 0.356. The number of aromatic nitrogens is 2. The zero-order valence-electron chi connectivity index (χ0n) is 10.4. The molecule has 0 amide bonds. The minimum absolute atomic E-state index is 0.212. The molecular weight excluding hydrogens is 233 g/mol. The molecule has 18 heavy (non-hydrogen) atoms. The van der Waals surface area contributed by atoms with Gasteiger partial charge < -0.3 is 5.32 Å². The third-order valence-corrected chi connectivity index (χ3v) is 3.19. The molecule has 0 unspecified atom stereocenters. The lowest BCUT2D eigenvalue weighted by molar-refractivity contribution is 0.242. The lowest BCUT2D eigenvalue weighted by atomic mass is 10.1. The highest BCUT2D eigenvalue weighted by molar-refractivity contribution is 5.38. The Morgan fingerprint density at radius 3 is 2.89 bits per heavy atom. The Labute approximate surface area is 106 Å². The van der Waals surface area contributed by atoms with Crippen LogP contribution in [0.5, 0.6) is 0 Å². The Morgan fingerprint density at radius 2 is 2.22 bits per heavy atom. The number of likely N-dealkylation sites (tertiary alicyclic amines) is 1. The summed E-state index contributed by atoms with van der Waals surface area (Å²) in [6.45, 7) is 3.80. The quantitative estimate of drug-likeness (QED) is 0.818. The number of anilines is 1. The van der Waals surface area contributed by atoms with Crippen molar-refractivity contribution in [2.75, 3.05) is 25.0 Å². The average molecular weight is 249 g/mol. The van der Waals surface area contributed by atoms with Crippen molar-refractivity contribution in [2.24, 2.45) is 0 Å². The first-order chi connectivity index (χ1) is 8.70. The molecule has 2 rings (SSSR count). The summed E-state index contributed by atoms with van der Waals surface area (Å²) in [6, 6.07) is 2.36. The molecule has 96 valence electrons. The normalized spacial score (nSPS) is 17.4. The molecule has 1 N–H and O–H groups in total. The summed E-state index contributed by atoms with van der Waals surface area (Å²) in [7, 11) is 0. The van der Waals surface area contributed by atoms with Gasteiger partial charge in [0, 0.05) is 19.1 Å². The van der Waals surface area contributed by atoms with E-state index in [9.17, 15) is 4.39 Å². The first kappa shape index (κ1) is 12.7. The van der Waals surface area contributed by atoms with Gasteiger partial charge in [-0.1, -0.05) is 0 Å². The Bertz CT molecular complexity index is 448. The van der Waals surface area contributed by atoms with Gasteiger partial charge in [0.2, 0.25) is 0 Å². The molecule has 1 aliphatic heterocycles. The van der Waals surface area contributed by atoms with E-state index in [4.69, 9.17) is 5.26 Å². The molecule has 1 fully saturated rings. The van der Waals surface area contributed by atoms with Gasteiger partial charge in [-0.25, -0.2) is 14.4 Å². The maximum atomic E-state index is 13.7. The summed E-state index contributed by atoms with van der Waals surface area (Å²) in [5, 5.41) is 11.7. The number of hydrogen-bond acceptors (Lipinski definition) is 5. The van der Waals surface area contributed by atoms with E-state index in [1.165, 1.54) is 6.33 Å². The molecule has 2 heterocycles. The second kappa shape index (κ2) is 5.74. The van der Waals surface area contributed by atoms with Crippen LogP contribution in [-0.4, -0.2) is 40.5 Å². The van der Waals surface area contributed by atoms with E-state index in [2.05, 4.69) is 26.3 Å². The van der Waals surface area contributed by atoms with Gasteiger partial charge >= 0.3 is 0 Å². The molecule has 1 aliphatic rings. The van der Waals surface area contributed by atoms with Crippen LogP contribution in [0.3, 0.4) is 0 Å². The van der Waals surface area contributed by atoms with Gasteiger partial charge in [0.05, 0.1) is 18.3 Å². The molecular formula is C12H16FN5. The fraction of sp³-hybridized carbons (Fsp3) is 0.583. The monoisotopic (exact) mass is 249 g/mol. The lowest BCUT2D eigenvalue weighted by Crippen LogP contribution is -2.39. The van der Waals surface area contributed by atoms with Crippen LogP contribution in [0.25, 0.3) is 0 Å². The van der Waals surface area contributed by atoms with Crippen LogP contribution in [0.2, 0.25) is 0 Å². The third kappa shape index (κ3) is 2.93. The van der Waals surface area contributed by atoms with Crippen LogP contribution < -0.4 is 5.32 Å². The number of halogens is 1. The van der Waals surface area contributed by atoms with Crippen LogP contribution in [0, 0.1) is 24.1 Å². The summed E-state index contributed by atoms with van der Waals surface area (Å²) in [6.07, 6.45) is 3.15. The number of hydrogen-bond donors (Lipinski definition) is 1. The molecule has 0 aliphatic carbocycles. The van der Waals surface area contributed by atoms with E-state index in [0.29, 0.717) is 12.2 Å². The van der Waals surface area contributed by atoms with Gasteiger partial charge in [-0.3, -0.25) is 4.90 Å². The maximum Gasteiger partial charge on any atom is 0.186 e. The number of nitrogens with one attached hydrogen (secondary N) is 1. The van der Waals surface area contributed by atoms with Gasteiger partial charge in [-0.2, -0.15) is 5.26 Å². The SMILES string of the molecule is Cc1ncnc(NC2CCN(CC#N)CC2)c1F. The predicted molar refractivity (Wildman–Crippen MR) is 65.4 cm³/mol. The summed E-state index contributed by atoms with van der Waals surface area (Å²) in [5.74, 6) is -0.0989. The smallest absolute Gasteiger partial charge is 0.186 e. The summed E-state index contributed by atoms with van der Waals surface area (Å²) in [4.78, 5) is 9.82. The standard InChI is InChI=1S/C12H16FN5/c1-9-11(13)12(16-8-15-9)17-10-2-5-18(6-3-10)7-4-14/h8,10H,2-3,5-7H2,1H3,(H,15,16,17). The van der Waals surface area contributed by atoms with Gasteiger partial charge in [0.15, 0.2) is 11.6 Å². The Balaban J connectivity index is 1.92. The van der Waals surface area contributed by atoms with Crippen LogP contribution in [-0.2, 0) is 0 Å². The van der Waals surface area contributed by atoms with Crippen LogP contribution in [0.4, 0.5) is 10.2 Å². The van der Waals surface area contributed by atoms with Gasteiger partial charge in [-0.15, -0.1) is 0 Å².